The van der Waals surface area contributed by atoms with Crippen molar-refractivity contribution in [3.63, 3.8) is 0 Å². The van der Waals surface area contributed by atoms with Gasteiger partial charge in [-0.25, -0.2) is 0 Å². The number of nitrogens with zero attached hydrogens (tertiary/aromatic N) is 2. The first-order valence-electron chi connectivity index (χ1n) is 8.31. The second-order valence-corrected chi connectivity index (χ2v) is 6.15. The summed E-state index contributed by atoms with van der Waals surface area (Å²) in [5.74, 6) is 0.197. The van der Waals surface area contributed by atoms with Crippen LogP contribution in [0.5, 0.6) is 0 Å². The molecule has 1 amide bonds. The molecule has 0 bridgehead atoms. The molecule has 0 aliphatic carbocycles. The van der Waals surface area contributed by atoms with Gasteiger partial charge in [-0.3, -0.25) is 14.7 Å². The number of carbonyl (C=O) groups is 1. The molecule has 1 aliphatic rings. The van der Waals surface area contributed by atoms with Crippen molar-refractivity contribution in [2.45, 2.75) is 19.4 Å². The van der Waals surface area contributed by atoms with Crippen LogP contribution < -0.4 is 11.1 Å². The number of para-hydroxylation sites is 1. The molecule has 1 saturated heterocycles. The van der Waals surface area contributed by atoms with E-state index in [2.05, 4.69) is 28.4 Å². The number of rotatable bonds is 5. The second kappa shape index (κ2) is 10.6. The van der Waals surface area contributed by atoms with Gasteiger partial charge in [0, 0.05) is 31.6 Å². The molecule has 0 saturated carbocycles. The van der Waals surface area contributed by atoms with Crippen LogP contribution in [-0.4, -0.2) is 42.0 Å². The first kappa shape index (κ1) is 21.6. The van der Waals surface area contributed by atoms with Crippen LogP contribution in [0.2, 0.25) is 0 Å². The standard InChI is InChI=1S/C18H24N4O.2ClH/c19-9-10-20-18(23)15-5-3-11-22(12-15)13-16-8-7-14-4-1-2-6-17(14)21-16;;/h1-2,4,6-8,15H,3,5,9-13,19H2,(H,20,23);2*1H. The van der Waals surface area contributed by atoms with Gasteiger partial charge in [-0.1, -0.05) is 24.3 Å². The number of fused-ring (bicyclic) bond motifs is 1. The minimum atomic E-state index is 0. The van der Waals surface area contributed by atoms with E-state index in [4.69, 9.17) is 10.7 Å². The lowest BCUT2D eigenvalue weighted by Crippen LogP contribution is -2.43. The highest BCUT2D eigenvalue weighted by atomic mass is 35.5. The number of aromatic nitrogens is 1. The van der Waals surface area contributed by atoms with E-state index in [0.29, 0.717) is 13.1 Å². The molecule has 5 nitrogen and oxygen atoms in total. The zero-order chi connectivity index (χ0) is 16.1. The van der Waals surface area contributed by atoms with Crippen molar-refractivity contribution in [2.24, 2.45) is 11.7 Å². The largest absolute Gasteiger partial charge is 0.355 e. The zero-order valence-electron chi connectivity index (χ0n) is 14.2. The molecule has 3 rings (SSSR count). The Hall–Kier alpha value is -1.40. The first-order chi connectivity index (χ1) is 11.3. The summed E-state index contributed by atoms with van der Waals surface area (Å²) < 4.78 is 0. The third-order valence-corrected chi connectivity index (χ3v) is 4.36. The van der Waals surface area contributed by atoms with E-state index in [1.165, 1.54) is 0 Å². The molecule has 1 aliphatic heterocycles. The molecular formula is C18H26Cl2N4O. The van der Waals surface area contributed by atoms with Gasteiger partial charge in [0.25, 0.3) is 0 Å². The summed E-state index contributed by atoms with van der Waals surface area (Å²) in [5.41, 5.74) is 7.54. The Labute approximate surface area is 161 Å². The Kier molecular flexibility index (Phi) is 9.14. The van der Waals surface area contributed by atoms with Crippen LogP contribution in [0.4, 0.5) is 0 Å². The quantitative estimate of drug-likeness (QED) is 0.829. The van der Waals surface area contributed by atoms with Gasteiger partial charge in [-0.05, 0) is 31.5 Å². The lowest BCUT2D eigenvalue weighted by atomic mass is 9.97. The predicted octanol–water partition coefficient (Wildman–Crippen LogP) is 2.37. The lowest BCUT2D eigenvalue weighted by Gasteiger charge is -2.31. The molecule has 3 N–H and O–H groups in total. The summed E-state index contributed by atoms with van der Waals surface area (Å²) >= 11 is 0. The van der Waals surface area contributed by atoms with Crippen molar-refractivity contribution in [1.29, 1.82) is 0 Å². The van der Waals surface area contributed by atoms with E-state index in [9.17, 15) is 4.79 Å². The molecule has 0 spiro atoms. The number of benzene rings is 1. The van der Waals surface area contributed by atoms with Gasteiger partial charge < -0.3 is 11.1 Å². The smallest absolute Gasteiger partial charge is 0.224 e. The van der Waals surface area contributed by atoms with Gasteiger partial charge in [-0.15, -0.1) is 24.8 Å². The molecule has 138 valence electrons. The average Bonchev–Trinajstić information content (AvgIpc) is 2.60. The van der Waals surface area contributed by atoms with E-state index >= 15 is 0 Å². The van der Waals surface area contributed by atoms with Crippen LogP contribution >= 0.6 is 24.8 Å². The fraction of sp³-hybridized carbons (Fsp3) is 0.444. The van der Waals surface area contributed by atoms with E-state index in [1.54, 1.807) is 0 Å². The minimum absolute atomic E-state index is 0. The summed E-state index contributed by atoms with van der Waals surface area (Å²) in [6.45, 7) is 3.66. The molecular weight excluding hydrogens is 359 g/mol. The molecule has 0 radical (unpaired) electrons. The van der Waals surface area contributed by atoms with Crippen molar-refractivity contribution in [1.82, 2.24) is 15.2 Å². The van der Waals surface area contributed by atoms with Crippen LogP contribution in [0.3, 0.4) is 0 Å². The number of hydrogen-bond acceptors (Lipinski definition) is 4. The molecule has 1 aromatic heterocycles. The fourth-order valence-electron chi connectivity index (χ4n) is 3.18. The van der Waals surface area contributed by atoms with E-state index in [1.807, 2.05) is 18.2 Å². The van der Waals surface area contributed by atoms with Gasteiger partial charge in [0.1, 0.15) is 0 Å². The van der Waals surface area contributed by atoms with Crippen LogP contribution in [0.15, 0.2) is 36.4 Å². The Morgan fingerprint density at radius 2 is 2.04 bits per heavy atom. The van der Waals surface area contributed by atoms with Crippen molar-refractivity contribution in [2.75, 3.05) is 26.2 Å². The minimum Gasteiger partial charge on any atom is -0.355 e. The molecule has 1 fully saturated rings. The summed E-state index contributed by atoms with van der Waals surface area (Å²) in [6.07, 6.45) is 2.01. The van der Waals surface area contributed by atoms with Crippen molar-refractivity contribution in [3.8, 4) is 0 Å². The van der Waals surface area contributed by atoms with Crippen molar-refractivity contribution >= 4 is 41.6 Å². The summed E-state index contributed by atoms with van der Waals surface area (Å²) in [4.78, 5) is 19.2. The molecule has 2 heterocycles. The van der Waals surface area contributed by atoms with Crippen LogP contribution in [0, 0.1) is 5.92 Å². The zero-order valence-corrected chi connectivity index (χ0v) is 15.8. The van der Waals surface area contributed by atoms with Crippen LogP contribution in [0.1, 0.15) is 18.5 Å². The summed E-state index contributed by atoms with van der Waals surface area (Å²) in [5, 5.41) is 4.07. The molecule has 1 unspecified atom stereocenters. The number of carbonyl (C=O) groups excluding carboxylic acids is 1. The topological polar surface area (TPSA) is 71.2 Å². The first-order valence-corrected chi connectivity index (χ1v) is 8.31. The predicted molar refractivity (Wildman–Crippen MR) is 106 cm³/mol. The third-order valence-electron chi connectivity index (χ3n) is 4.36. The number of halogens is 2. The number of hydrogen-bond donors (Lipinski definition) is 2. The number of piperidine rings is 1. The molecule has 2 aromatic rings. The Morgan fingerprint density at radius 1 is 1.24 bits per heavy atom. The normalized spacial score (nSPS) is 17.4. The molecule has 1 atom stereocenters. The number of likely N-dealkylation sites (tertiary alicyclic amines) is 1. The van der Waals surface area contributed by atoms with Gasteiger partial charge in [-0.2, -0.15) is 0 Å². The van der Waals surface area contributed by atoms with E-state index < -0.39 is 0 Å². The lowest BCUT2D eigenvalue weighted by molar-refractivity contribution is -0.126. The monoisotopic (exact) mass is 384 g/mol. The highest BCUT2D eigenvalue weighted by Crippen LogP contribution is 2.19. The second-order valence-electron chi connectivity index (χ2n) is 6.15. The summed E-state index contributed by atoms with van der Waals surface area (Å²) in [7, 11) is 0. The fourth-order valence-corrected chi connectivity index (χ4v) is 3.18. The maximum atomic E-state index is 12.1. The SMILES string of the molecule is Cl.Cl.NCCNC(=O)C1CCCN(Cc2ccc3ccccc3n2)C1. The van der Waals surface area contributed by atoms with Crippen LogP contribution in [-0.2, 0) is 11.3 Å². The summed E-state index contributed by atoms with van der Waals surface area (Å²) in [6, 6.07) is 12.4. The Morgan fingerprint density at radius 3 is 2.84 bits per heavy atom. The Balaban J connectivity index is 0.00000156. The Bertz CT molecular complexity index is 683. The number of pyridine rings is 1. The van der Waals surface area contributed by atoms with Crippen LogP contribution in [0.25, 0.3) is 10.9 Å². The average molecular weight is 385 g/mol. The molecule has 7 heteroatoms. The van der Waals surface area contributed by atoms with Gasteiger partial charge >= 0.3 is 0 Å². The molecule has 1 aromatic carbocycles. The van der Waals surface area contributed by atoms with Gasteiger partial charge in [0.05, 0.1) is 17.1 Å². The van der Waals surface area contributed by atoms with Crippen molar-refractivity contribution in [3.05, 3.63) is 42.1 Å². The van der Waals surface area contributed by atoms with Gasteiger partial charge in [0.15, 0.2) is 0 Å². The number of nitrogens with two attached hydrogens (primary N) is 1. The number of amides is 1. The van der Waals surface area contributed by atoms with Crippen molar-refractivity contribution < 1.29 is 4.79 Å². The molecule has 25 heavy (non-hydrogen) atoms. The van der Waals surface area contributed by atoms with Gasteiger partial charge in [0.2, 0.25) is 5.91 Å². The van der Waals surface area contributed by atoms with E-state index in [0.717, 1.165) is 49.1 Å². The highest BCUT2D eigenvalue weighted by molar-refractivity contribution is 5.85. The maximum Gasteiger partial charge on any atom is 0.224 e. The maximum absolute atomic E-state index is 12.1. The number of nitrogens with one attached hydrogen (secondary N) is 1. The third kappa shape index (κ3) is 5.82. The van der Waals surface area contributed by atoms with E-state index in [-0.39, 0.29) is 36.6 Å². The highest BCUT2D eigenvalue weighted by Gasteiger charge is 2.25.